The molecule has 1 aliphatic rings. The van der Waals surface area contributed by atoms with Crippen LogP contribution in [0.5, 0.6) is 0 Å². The van der Waals surface area contributed by atoms with Crippen molar-refractivity contribution in [1.82, 2.24) is 4.31 Å². The molecule has 1 saturated carbocycles. The maximum absolute atomic E-state index is 12.7. The first kappa shape index (κ1) is 15.3. The molecule has 1 aromatic carbocycles. The van der Waals surface area contributed by atoms with Crippen molar-refractivity contribution in [2.45, 2.75) is 56.9 Å². The van der Waals surface area contributed by atoms with Gasteiger partial charge in [0.2, 0.25) is 10.0 Å². The van der Waals surface area contributed by atoms with Crippen LogP contribution in [0.3, 0.4) is 0 Å². The SMILES string of the molecule is CCCCN(C1CC1)S(=O)(=O)c1ccc(CC)c(N)c1. The van der Waals surface area contributed by atoms with Gasteiger partial charge in [0.15, 0.2) is 0 Å². The first-order chi connectivity index (χ1) is 9.50. The lowest BCUT2D eigenvalue weighted by Crippen LogP contribution is -2.34. The Bertz CT molecular complexity index is 565. The van der Waals surface area contributed by atoms with E-state index in [1.165, 1.54) is 0 Å². The van der Waals surface area contributed by atoms with Gasteiger partial charge in [0.05, 0.1) is 4.90 Å². The second-order valence-corrected chi connectivity index (χ2v) is 7.31. The fourth-order valence-electron chi connectivity index (χ4n) is 2.37. The molecule has 0 amide bonds. The highest BCUT2D eigenvalue weighted by Gasteiger charge is 2.37. The number of aryl methyl sites for hydroxylation is 1. The van der Waals surface area contributed by atoms with Crippen molar-refractivity contribution in [3.63, 3.8) is 0 Å². The fraction of sp³-hybridized carbons (Fsp3) is 0.600. The molecule has 4 nitrogen and oxygen atoms in total. The van der Waals surface area contributed by atoms with E-state index >= 15 is 0 Å². The number of hydrogen-bond acceptors (Lipinski definition) is 3. The highest BCUT2D eigenvalue weighted by Crippen LogP contribution is 2.33. The van der Waals surface area contributed by atoms with E-state index in [2.05, 4.69) is 6.92 Å². The van der Waals surface area contributed by atoms with Gasteiger partial charge in [-0.1, -0.05) is 26.3 Å². The number of unbranched alkanes of at least 4 members (excludes halogenated alkanes) is 1. The van der Waals surface area contributed by atoms with Crippen molar-refractivity contribution in [2.75, 3.05) is 12.3 Å². The zero-order valence-corrected chi connectivity index (χ0v) is 13.1. The molecule has 2 N–H and O–H groups in total. The Morgan fingerprint density at radius 3 is 2.50 bits per heavy atom. The molecule has 0 bridgehead atoms. The molecule has 2 rings (SSSR count). The van der Waals surface area contributed by atoms with Gasteiger partial charge < -0.3 is 5.73 Å². The third-order valence-corrected chi connectivity index (χ3v) is 5.74. The summed E-state index contributed by atoms with van der Waals surface area (Å²) in [5, 5.41) is 0. The van der Waals surface area contributed by atoms with E-state index in [1.54, 1.807) is 16.4 Å². The minimum Gasteiger partial charge on any atom is -0.398 e. The molecular formula is C15H24N2O2S. The van der Waals surface area contributed by atoms with Crippen molar-refractivity contribution in [3.8, 4) is 0 Å². The van der Waals surface area contributed by atoms with Crippen LogP contribution in [0.1, 0.15) is 45.1 Å². The highest BCUT2D eigenvalue weighted by atomic mass is 32.2. The molecule has 0 saturated heterocycles. The molecule has 0 aromatic heterocycles. The number of nitrogens with zero attached hydrogens (tertiary/aromatic N) is 1. The van der Waals surface area contributed by atoms with E-state index in [9.17, 15) is 8.42 Å². The van der Waals surface area contributed by atoms with Gasteiger partial charge in [-0.15, -0.1) is 0 Å². The summed E-state index contributed by atoms with van der Waals surface area (Å²) in [5.41, 5.74) is 7.50. The van der Waals surface area contributed by atoms with E-state index < -0.39 is 10.0 Å². The second-order valence-electron chi connectivity index (χ2n) is 5.41. The Hall–Kier alpha value is -1.07. The topological polar surface area (TPSA) is 63.4 Å². The molecule has 0 unspecified atom stereocenters. The summed E-state index contributed by atoms with van der Waals surface area (Å²) in [4.78, 5) is 0.329. The van der Waals surface area contributed by atoms with Gasteiger partial charge in [0, 0.05) is 18.3 Å². The summed E-state index contributed by atoms with van der Waals surface area (Å²) in [6.45, 7) is 4.70. The molecule has 1 fully saturated rings. The number of hydrogen-bond donors (Lipinski definition) is 1. The van der Waals surface area contributed by atoms with Crippen LogP contribution in [0.2, 0.25) is 0 Å². The normalized spacial score (nSPS) is 15.8. The van der Waals surface area contributed by atoms with Crippen molar-refractivity contribution in [3.05, 3.63) is 23.8 Å². The number of nitrogens with two attached hydrogens (primary N) is 1. The highest BCUT2D eigenvalue weighted by molar-refractivity contribution is 7.89. The molecule has 112 valence electrons. The predicted octanol–water partition coefficient (Wildman–Crippen LogP) is 2.78. The molecule has 1 aromatic rings. The second kappa shape index (κ2) is 6.14. The first-order valence-corrected chi connectivity index (χ1v) is 8.85. The Balaban J connectivity index is 2.29. The van der Waals surface area contributed by atoms with Crippen LogP contribution in [0.15, 0.2) is 23.1 Å². The maximum Gasteiger partial charge on any atom is 0.243 e. The number of benzene rings is 1. The molecule has 1 aliphatic carbocycles. The number of sulfonamides is 1. The van der Waals surface area contributed by atoms with Gasteiger partial charge in [0.25, 0.3) is 0 Å². The molecule has 0 spiro atoms. The van der Waals surface area contributed by atoms with Crippen molar-refractivity contribution in [2.24, 2.45) is 0 Å². The molecule has 0 aliphatic heterocycles. The van der Waals surface area contributed by atoms with Crippen LogP contribution >= 0.6 is 0 Å². The lowest BCUT2D eigenvalue weighted by molar-refractivity contribution is 0.396. The molecule has 5 heteroatoms. The van der Waals surface area contributed by atoms with E-state index in [-0.39, 0.29) is 6.04 Å². The van der Waals surface area contributed by atoms with Gasteiger partial charge >= 0.3 is 0 Å². The average molecular weight is 296 g/mol. The zero-order chi connectivity index (χ0) is 14.8. The third-order valence-electron chi connectivity index (χ3n) is 3.79. The first-order valence-electron chi connectivity index (χ1n) is 7.41. The number of nitrogen functional groups attached to an aromatic ring is 1. The molecule has 0 heterocycles. The number of anilines is 1. The van der Waals surface area contributed by atoms with Crippen LogP contribution in [-0.2, 0) is 16.4 Å². The summed E-state index contributed by atoms with van der Waals surface area (Å²) >= 11 is 0. The molecule has 0 radical (unpaired) electrons. The van der Waals surface area contributed by atoms with Crippen molar-refractivity contribution in [1.29, 1.82) is 0 Å². The third kappa shape index (κ3) is 3.15. The standard InChI is InChI=1S/C15H24N2O2S/c1-3-5-10-17(13-7-8-13)20(18,19)14-9-6-12(4-2)15(16)11-14/h6,9,11,13H,3-5,7-8,10,16H2,1-2H3. The zero-order valence-electron chi connectivity index (χ0n) is 12.3. The fourth-order valence-corrected chi connectivity index (χ4v) is 4.13. The predicted molar refractivity (Wildman–Crippen MR) is 82.1 cm³/mol. The van der Waals surface area contributed by atoms with Crippen LogP contribution in [0, 0.1) is 0 Å². The quantitative estimate of drug-likeness (QED) is 0.787. The van der Waals surface area contributed by atoms with Crippen LogP contribution in [0.25, 0.3) is 0 Å². The van der Waals surface area contributed by atoms with Crippen LogP contribution in [0.4, 0.5) is 5.69 Å². The van der Waals surface area contributed by atoms with Crippen molar-refractivity contribution < 1.29 is 8.42 Å². The Labute approximate surface area is 122 Å². The van der Waals surface area contributed by atoms with Crippen LogP contribution in [-0.4, -0.2) is 25.3 Å². The average Bonchev–Trinajstić information content (AvgIpc) is 3.23. The Morgan fingerprint density at radius 1 is 1.30 bits per heavy atom. The largest absolute Gasteiger partial charge is 0.398 e. The van der Waals surface area contributed by atoms with Gasteiger partial charge in [-0.2, -0.15) is 4.31 Å². The Morgan fingerprint density at radius 2 is 2.00 bits per heavy atom. The van der Waals surface area contributed by atoms with Gasteiger partial charge in [-0.3, -0.25) is 0 Å². The summed E-state index contributed by atoms with van der Waals surface area (Å²) in [6, 6.07) is 5.31. The lowest BCUT2D eigenvalue weighted by Gasteiger charge is -2.22. The van der Waals surface area contributed by atoms with Crippen molar-refractivity contribution >= 4 is 15.7 Å². The van der Waals surface area contributed by atoms with E-state index in [1.807, 2.05) is 13.0 Å². The minimum absolute atomic E-state index is 0.193. The van der Waals surface area contributed by atoms with Gasteiger partial charge in [-0.25, -0.2) is 8.42 Å². The summed E-state index contributed by atoms with van der Waals surface area (Å²) in [5.74, 6) is 0. The van der Waals surface area contributed by atoms with E-state index in [4.69, 9.17) is 5.73 Å². The lowest BCUT2D eigenvalue weighted by atomic mass is 10.1. The maximum atomic E-state index is 12.7. The smallest absolute Gasteiger partial charge is 0.243 e. The number of rotatable bonds is 7. The summed E-state index contributed by atoms with van der Waals surface area (Å²) in [6.07, 6.45) is 4.67. The molecular weight excluding hydrogens is 272 g/mol. The van der Waals surface area contributed by atoms with Crippen LogP contribution < -0.4 is 5.73 Å². The molecule has 20 heavy (non-hydrogen) atoms. The minimum atomic E-state index is -3.40. The van der Waals surface area contributed by atoms with Gasteiger partial charge in [0.1, 0.15) is 0 Å². The molecule has 0 atom stereocenters. The van der Waals surface area contributed by atoms with E-state index in [0.717, 1.165) is 37.7 Å². The van der Waals surface area contributed by atoms with Gasteiger partial charge in [-0.05, 0) is 43.4 Å². The summed E-state index contributed by atoms with van der Waals surface area (Å²) in [7, 11) is -3.40. The Kier molecular flexibility index (Phi) is 4.70. The summed E-state index contributed by atoms with van der Waals surface area (Å²) < 4.78 is 27.1. The van der Waals surface area contributed by atoms with E-state index in [0.29, 0.717) is 17.1 Å². The monoisotopic (exact) mass is 296 g/mol.